The SMILES string of the molecule is CCCCN(CC(N)=O)CC(C#N)c1ccccc1. The summed E-state index contributed by atoms with van der Waals surface area (Å²) in [6.07, 6.45) is 2.05. The molecule has 0 saturated carbocycles. The molecule has 1 unspecified atom stereocenters. The number of unbranched alkanes of at least 4 members (excludes halogenated alkanes) is 1. The highest BCUT2D eigenvalue weighted by Crippen LogP contribution is 2.16. The largest absolute Gasteiger partial charge is 0.369 e. The van der Waals surface area contributed by atoms with Crippen molar-refractivity contribution in [3.8, 4) is 6.07 Å². The molecule has 1 aromatic rings. The Morgan fingerprint density at radius 1 is 1.42 bits per heavy atom. The fourth-order valence-corrected chi connectivity index (χ4v) is 2.00. The normalized spacial score (nSPS) is 12.1. The van der Waals surface area contributed by atoms with E-state index >= 15 is 0 Å². The summed E-state index contributed by atoms with van der Waals surface area (Å²) >= 11 is 0. The van der Waals surface area contributed by atoms with E-state index < -0.39 is 0 Å². The summed E-state index contributed by atoms with van der Waals surface area (Å²) in [4.78, 5) is 13.0. The highest BCUT2D eigenvalue weighted by Gasteiger charge is 2.16. The predicted molar refractivity (Wildman–Crippen MR) is 75.3 cm³/mol. The maximum absolute atomic E-state index is 11.1. The first kappa shape index (κ1) is 15.2. The standard InChI is InChI=1S/C15H21N3O/c1-2-3-9-18(12-15(17)19)11-14(10-16)13-7-5-4-6-8-13/h4-8,14H,2-3,9,11-12H2,1H3,(H2,17,19). The third kappa shape index (κ3) is 5.54. The third-order valence-corrected chi connectivity index (χ3v) is 3.01. The quantitative estimate of drug-likeness (QED) is 0.775. The first-order valence-corrected chi connectivity index (χ1v) is 6.62. The lowest BCUT2D eigenvalue weighted by Crippen LogP contribution is -2.37. The molecule has 0 aliphatic heterocycles. The van der Waals surface area contributed by atoms with Crippen LogP contribution in [0.15, 0.2) is 30.3 Å². The predicted octanol–water partition coefficient (Wildman–Crippen LogP) is 1.88. The Kier molecular flexibility index (Phi) is 6.62. The Hall–Kier alpha value is -1.86. The van der Waals surface area contributed by atoms with Crippen molar-refractivity contribution in [3.63, 3.8) is 0 Å². The molecule has 0 bridgehead atoms. The van der Waals surface area contributed by atoms with Gasteiger partial charge in [0.25, 0.3) is 0 Å². The summed E-state index contributed by atoms with van der Waals surface area (Å²) in [6, 6.07) is 12.0. The Bertz CT molecular complexity index is 425. The zero-order valence-corrected chi connectivity index (χ0v) is 11.4. The van der Waals surface area contributed by atoms with E-state index in [1.165, 1.54) is 0 Å². The summed E-state index contributed by atoms with van der Waals surface area (Å²) in [7, 11) is 0. The molecule has 0 fully saturated rings. The molecule has 0 spiro atoms. The monoisotopic (exact) mass is 259 g/mol. The maximum atomic E-state index is 11.1. The summed E-state index contributed by atoms with van der Waals surface area (Å²) in [6.45, 7) is 3.65. The van der Waals surface area contributed by atoms with Crippen molar-refractivity contribution in [2.45, 2.75) is 25.7 Å². The summed E-state index contributed by atoms with van der Waals surface area (Å²) in [5.74, 6) is -0.571. The zero-order valence-electron chi connectivity index (χ0n) is 11.4. The van der Waals surface area contributed by atoms with Gasteiger partial charge in [0.1, 0.15) is 0 Å². The number of primary amides is 1. The number of hydrogen-bond donors (Lipinski definition) is 1. The van der Waals surface area contributed by atoms with E-state index in [4.69, 9.17) is 5.73 Å². The van der Waals surface area contributed by atoms with Gasteiger partial charge in [-0.05, 0) is 18.5 Å². The second-order valence-electron chi connectivity index (χ2n) is 4.65. The first-order valence-electron chi connectivity index (χ1n) is 6.62. The molecule has 4 heteroatoms. The molecule has 0 aliphatic rings. The lowest BCUT2D eigenvalue weighted by atomic mass is 10.00. The molecule has 0 aromatic heterocycles. The van der Waals surface area contributed by atoms with Crippen molar-refractivity contribution in [2.24, 2.45) is 5.73 Å². The van der Waals surface area contributed by atoms with Crippen molar-refractivity contribution in [3.05, 3.63) is 35.9 Å². The van der Waals surface area contributed by atoms with Gasteiger partial charge >= 0.3 is 0 Å². The Morgan fingerprint density at radius 3 is 2.63 bits per heavy atom. The number of hydrogen-bond acceptors (Lipinski definition) is 3. The van der Waals surface area contributed by atoms with Gasteiger partial charge in [0.15, 0.2) is 0 Å². The Balaban J connectivity index is 2.69. The number of rotatable bonds is 8. The molecule has 2 N–H and O–H groups in total. The van der Waals surface area contributed by atoms with Gasteiger partial charge in [-0.1, -0.05) is 43.7 Å². The van der Waals surface area contributed by atoms with Crippen LogP contribution in [0.25, 0.3) is 0 Å². The Morgan fingerprint density at radius 2 is 2.11 bits per heavy atom. The van der Waals surface area contributed by atoms with Crippen LogP contribution in [0.5, 0.6) is 0 Å². The van der Waals surface area contributed by atoms with Gasteiger partial charge < -0.3 is 5.73 Å². The number of amides is 1. The number of nitrogens with two attached hydrogens (primary N) is 1. The van der Waals surface area contributed by atoms with Gasteiger partial charge in [0.2, 0.25) is 5.91 Å². The first-order chi connectivity index (χ1) is 9.17. The van der Waals surface area contributed by atoms with E-state index in [0.717, 1.165) is 24.9 Å². The number of carbonyl (C=O) groups is 1. The minimum atomic E-state index is -0.346. The van der Waals surface area contributed by atoms with Gasteiger partial charge in [-0.3, -0.25) is 9.69 Å². The zero-order chi connectivity index (χ0) is 14.1. The van der Waals surface area contributed by atoms with E-state index in [1.807, 2.05) is 35.2 Å². The molecule has 1 atom stereocenters. The molecule has 1 rings (SSSR count). The van der Waals surface area contributed by atoms with Crippen molar-refractivity contribution in [1.82, 2.24) is 4.90 Å². The highest BCUT2D eigenvalue weighted by molar-refractivity contribution is 5.75. The van der Waals surface area contributed by atoms with Crippen LogP contribution in [0.2, 0.25) is 0 Å². The van der Waals surface area contributed by atoms with Gasteiger partial charge in [-0.15, -0.1) is 0 Å². The van der Waals surface area contributed by atoms with E-state index in [9.17, 15) is 10.1 Å². The lowest BCUT2D eigenvalue weighted by molar-refractivity contribution is -0.119. The number of benzene rings is 1. The van der Waals surface area contributed by atoms with Crippen LogP contribution < -0.4 is 5.73 Å². The minimum absolute atomic E-state index is 0.213. The van der Waals surface area contributed by atoms with Crippen molar-refractivity contribution in [2.75, 3.05) is 19.6 Å². The van der Waals surface area contributed by atoms with Crippen LogP contribution in [-0.4, -0.2) is 30.4 Å². The average Bonchev–Trinajstić information content (AvgIpc) is 2.42. The highest BCUT2D eigenvalue weighted by atomic mass is 16.1. The number of carbonyl (C=O) groups excluding carboxylic acids is 1. The minimum Gasteiger partial charge on any atom is -0.369 e. The molecule has 0 heterocycles. The van der Waals surface area contributed by atoms with E-state index in [0.29, 0.717) is 6.54 Å². The van der Waals surface area contributed by atoms with Crippen molar-refractivity contribution in [1.29, 1.82) is 5.26 Å². The van der Waals surface area contributed by atoms with Crippen LogP contribution in [0.4, 0.5) is 0 Å². The molecule has 1 amide bonds. The fourth-order valence-electron chi connectivity index (χ4n) is 2.00. The van der Waals surface area contributed by atoms with Gasteiger partial charge in [0, 0.05) is 6.54 Å². The van der Waals surface area contributed by atoms with E-state index in [-0.39, 0.29) is 18.4 Å². The van der Waals surface area contributed by atoms with Gasteiger partial charge in [-0.25, -0.2) is 0 Å². The molecule has 4 nitrogen and oxygen atoms in total. The van der Waals surface area contributed by atoms with Crippen molar-refractivity contribution < 1.29 is 4.79 Å². The van der Waals surface area contributed by atoms with E-state index in [2.05, 4.69) is 13.0 Å². The van der Waals surface area contributed by atoms with Crippen LogP contribution in [0.3, 0.4) is 0 Å². The topological polar surface area (TPSA) is 70.1 Å². The van der Waals surface area contributed by atoms with Crippen LogP contribution in [0, 0.1) is 11.3 Å². The molecule has 19 heavy (non-hydrogen) atoms. The van der Waals surface area contributed by atoms with Gasteiger partial charge in [0.05, 0.1) is 18.5 Å². The molecule has 1 aromatic carbocycles. The summed E-state index contributed by atoms with van der Waals surface area (Å²) < 4.78 is 0. The van der Waals surface area contributed by atoms with E-state index in [1.54, 1.807) is 0 Å². The van der Waals surface area contributed by atoms with Crippen LogP contribution >= 0.6 is 0 Å². The Labute approximate surface area is 114 Å². The second kappa shape index (κ2) is 8.28. The molecule has 102 valence electrons. The van der Waals surface area contributed by atoms with Crippen molar-refractivity contribution >= 4 is 5.91 Å². The van der Waals surface area contributed by atoms with Crippen LogP contribution in [0.1, 0.15) is 31.2 Å². The third-order valence-electron chi connectivity index (χ3n) is 3.01. The number of nitrogens with zero attached hydrogens (tertiary/aromatic N) is 2. The maximum Gasteiger partial charge on any atom is 0.231 e. The smallest absolute Gasteiger partial charge is 0.231 e. The second-order valence-corrected chi connectivity index (χ2v) is 4.65. The van der Waals surface area contributed by atoms with Crippen LogP contribution in [-0.2, 0) is 4.79 Å². The molecule has 0 aliphatic carbocycles. The molecule has 0 radical (unpaired) electrons. The summed E-state index contributed by atoms with van der Waals surface area (Å²) in [5, 5.41) is 9.30. The number of nitriles is 1. The summed E-state index contributed by atoms with van der Waals surface area (Å²) in [5.41, 5.74) is 6.24. The molecular weight excluding hydrogens is 238 g/mol. The fraction of sp³-hybridized carbons (Fsp3) is 0.467. The molecule has 0 saturated heterocycles. The molecular formula is C15H21N3O. The van der Waals surface area contributed by atoms with Gasteiger partial charge in [-0.2, -0.15) is 5.26 Å². The average molecular weight is 259 g/mol. The lowest BCUT2D eigenvalue weighted by Gasteiger charge is -2.23.